The van der Waals surface area contributed by atoms with Crippen molar-refractivity contribution in [3.63, 3.8) is 0 Å². The Labute approximate surface area is 252 Å². The lowest BCUT2D eigenvalue weighted by Gasteiger charge is -2.11. The summed E-state index contributed by atoms with van der Waals surface area (Å²) in [4.78, 5) is 49.6. The molecule has 0 aromatic carbocycles. The molecule has 0 spiro atoms. The van der Waals surface area contributed by atoms with Gasteiger partial charge in [-0.25, -0.2) is 24.9 Å². The Morgan fingerprint density at radius 2 is 1.48 bits per heavy atom. The molecule has 218 valence electrons. The van der Waals surface area contributed by atoms with Crippen LogP contribution in [0, 0.1) is 0 Å². The maximum atomic E-state index is 13.5. The number of aryl methyl sites for hydroxylation is 2. The highest BCUT2D eigenvalue weighted by atomic mass is 16.2. The van der Waals surface area contributed by atoms with Crippen LogP contribution in [0.1, 0.15) is 81.8 Å². The summed E-state index contributed by atoms with van der Waals surface area (Å²) in [6.07, 6.45) is 12.7. The van der Waals surface area contributed by atoms with Crippen LogP contribution in [0.3, 0.4) is 0 Å². The topological polar surface area (TPSA) is 131 Å². The summed E-state index contributed by atoms with van der Waals surface area (Å²) in [6, 6.07) is 11.0. The number of nitrogens with one attached hydrogen (secondary N) is 2. The number of carbonyl (C=O) groups is 2. The van der Waals surface area contributed by atoms with Crippen molar-refractivity contribution >= 4 is 34.9 Å². The minimum Gasteiger partial charge on any atom is -0.306 e. The van der Waals surface area contributed by atoms with E-state index >= 15 is 0 Å². The van der Waals surface area contributed by atoms with E-state index in [1.165, 1.54) is 11.3 Å². The highest BCUT2D eigenvalue weighted by Gasteiger charge is 2.28. The smallest absolute Gasteiger partial charge is 0.261 e. The molecule has 11 nitrogen and oxygen atoms in total. The van der Waals surface area contributed by atoms with E-state index in [4.69, 9.17) is 4.98 Å². The molecule has 0 saturated carbocycles. The normalized spacial score (nSPS) is 17.1. The Morgan fingerprint density at radius 1 is 0.750 bits per heavy atom. The molecule has 2 N–H and O–H groups in total. The largest absolute Gasteiger partial charge is 0.306 e. The second-order valence-corrected chi connectivity index (χ2v) is 11.6. The molecule has 11 heteroatoms. The summed E-state index contributed by atoms with van der Waals surface area (Å²) >= 11 is 0. The predicted molar refractivity (Wildman–Crippen MR) is 165 cm³/mol. The minimum atomic E-state index is -0.324. The number of carbonyl (C=O) groups excluding carboxylic acids is 2. The molecule has 2 amide bonds. The molecule has 2 aliphatic carbocycles. The third kappa shape index (κ3) is 4.23. The first-order valence-electron chi connectivity index (χ1n) is 14.9. The molecule has 0 saturated heterocycles. The lowest BCUT2D eigenvalue weighted by Crippen LogP contribution is -2.17. The molecule has 8 rings (SSSR count). The van der Waals surface area contributed by atoms with Gasteiger partial charge in [0.1, 0.15) is 17.2 Å². The van der Waals surface area contributed by atoms with Crippen molar-refractivity contribution in [2.24, 2.45) is 0 Å². The van der Waals surface area contributed by atoms with E-state index in [0.29, 0.717) is 51.5 Å². The monoisotopic (exact) mass is 583 g/mol. The Balaban J connectivity index is 1.15. The van der Waals surface area contributed by atoms with Crippen molar-refractivity contribution in [1.82, 2.24) is 33.7 Å². The molecule has 2 atom stereocenters. The number of anilines is 2. The van der Waals surface area contributed by atoms with Crippen LogP contribution in [0.15, 0.2) is 67.4 Å². The van der Waals surface area contributed by atoms with Crippen LogP contribution < -0.4 is 10.6 Å². The van der Waals surface area contributed by atoms with Gasteiger partial charge in [-0.3, -0.25) is 14.9 Å². The van der Waals surface area contributed by atoms with Gasteiger partial charge in [-0.05, 0) is 79.0 Å². The molecule has 6 aromatic rings. The molecule has 44 heavy (non-hydrogen) atoms. The average Bonchev–Trinajstić information content (AvgIpc) is 3.83. The van der Waals surface area contributed by atoms with E-state index in [1.807, 2.05) is 39.4 Å². The maximum absolute atomic E-state index is 13.5. The summed E-state index contributed by atoms with van der Waals surface area (Å²) < 4.78 is 4.02. The van der Waals surface area contributed by atoms with Crippen LogP contribution in [0.5, 0.6) is 0 Å². The third-order valence-electron chi connectivity index (χ3n) is 8.91. The van der Waals surface area contributed by atoms with Crippen molar-refractivity contribution in [2.45, 2.75) is 51.4 Å². The molecule has 0 fully saturated rings. The number of hydrogen-bond acceptors (Lipinski definition) is 7. The molecular formula is C33H29N9O2. The fourth-order valence-corrected chi connectivity index (χ4v) is 6.59. The first-order valence-corrected chi connectivity index (χ1v) is 14.9. The van der Waals surface area contributed by atoms with Gasteiger partial charge in [0.2, 0.25) is 5.95 Å². The summed E-state index contributed by atoms with van der Waals surface area (Å²) in [5.41, 5.74) is 7.86. The maximum Gasteiger partial charge on any atom is 0.261 e. The van der Waals surface area contributed by atoms with Gasteiger partial charge in [0, 0.05) is 42.4 Å². The van der Waals surface area contributed by atoms with E-state index in [0.717, 1.165) is 36.9 Å². The lowest BCUT2D eigenvalue weighted by molar-refractivity contribution is 0.101. The van der Waals surface area contributed by atoms with Gasteiger partial charge < -0.3 is 14.1 Å². The van der Waals surface area contributed by atoms with Crippen molar-refractivity contribution < 1.29 is 9.59 Å². The fraction of sp³-hybridized carbons (Fsp3) is 0.242. The number of imidazole rings is 2. The quantitative estimate of drug-likeness (QED) is 0.276. The summed E-state index contributed by atoms with van der Waals surface area (Å²) in [5.74, 6) is 0.727. The number of nitrogens with zero attached hydrogens (tertiary/aromatic N) is 7. The standard InChI is InChI=1S/C33H29N9O2/c1-18-6-8-26-20(18)15-22(29-35-13-14-41(26)29)32(44)40-33-36-12-10-24(38-33)25-17-42-27-9-7-19(2)21(27)16-23(30(42)37-25)31(43)39-28-5-3-4-11-34-28/h3-5,10-19H,6-9H2,1-2H3,(H,34,39,43)(H,36,38,40,44). The van der Waals surface area contributed by atoms with Crippen LogP contribution in [0.4, 0.5) is 11.8 Å². The number of rotatable bonds is 5. The summed E-state index contributed by atoms with van der Waals surface area (Å²) in [6.45, 7) is 4.36. The number of fused-ring (bicyclic) bond motifs is 6. The van der Waals surface area contributed by atoms with Gasteiger partial charge in [-0.15, -0.1) is 0 Å². The van der Waals surface area contributed by atoms with Gasteiger partial charge in [-0.2, -0.15) is 0 Å². The first-order chi connectivity index (χ1) is 21.4. The second kappa shape index (κ2) is 10.1. The minimum absolute atomic E-state index is 0.162. The molecular weight excluding hydrogens is 554 g/mol. The first kappa shape index (κ1) is 26.2. The predicted octanol–water partition coefficient (Wildman–Crippen LogP) is 5.44. The van der Waals surface area contributed by atoms with E-state index in [-0.39, 0.29) is 17.8 Å². The zero-order valence-corrected chi connectivity index (χ0v) is 24.3. The van der Waals surface area contributed by atoms with E-state index < -0.39 is 0 Å². The molecule has 6 aromatic heterocycles. The lowest BCUT2D eigenvalue weighted by atomic mass is 10.0. The summed E-state index contributed by atoms with van der Waals surface area (Å²) in [7, 11) is 0. The highest BCUT2D eigenvalue weighted by Crippen LogP contribution is 2.36. The molecule has 2 unspecified atom stereocenters. The van der Waals surface area contributed by atoms with Crippen LogP contribution >= 0.6 is 0 Å². The van der Waals surface area contributed by atoms with Gasteiger partial charge >= 0.3 is 0 Å². The fourth-order valence-electron chi connectivity index (χ4n) is 6.59. The molecule has 0 aliphatic heterocycles. The summed E-state index contributed by atoms with van der Waals surface area (Å²) in [5, 5.41) is 5.77. The Morgan fingerprint density at radius 3 is 2.23 bits per heavy atom. The Bertz CT molecular complexity index is 2120. The number of hydrogen-bond donors (Lipinski definition) is 2. The van der Waals surface area contributed by atoms with E-state index in [2.05, 4.69) is 44.4 Å². The number of aromatic nitrogens is 7. The van der Waals surface area contributed by atoms with Crippen LogP contribution in [-0.2, 0) is 12.8 Å². The number of amides is 2. The third-order valence-corrected chi connectivity index (χ3v) is 8.91. The molecule has 0 bridgehead atoms. The van der Waals surface area contributed by atoms with Crippen molar-refractivity contribution in [2.75, 3.05) is 10.6 Å². The highest BCUT2D eigenvalue weighted by molar-refractivity contribution is 6.09. The SMILES string of the molecule is CC1CCc2c1cc(C(=O)Nc1ccccn1)c1nc(-c3ccnc(NC(=O)c4cc5c(n6ccnc46)CCC5C)n3)cn21. The zero-order chi connectivity index (χ0) is 29.9. The van der Waals surface area contributed by atoms with Crippen LogP contribution in [-0.4, -0.2) is 45.5 Å². The second-order valence-electron chi connectivity index (χ2n) is 11.6. The van der Waals surface area contributed by atoms with Gasteiger partial charge in [0.25, 0.3) is 11.8 Å². The van der Waals surface area contributed by atoms with Crippen molar-refractivity contribution in [3.8, 4) is 11.4 Å². The van der Waals surface area contributed by atoms with Gasteiger partial charge in [0.15, 0.2) is 5.65 Å². The van der Waals surface area contributed by atoms with Crippen molar-refractivity contribution in [3.05, 3.63) is 101 Å². The van der Waals surface area contributed by atoms with Gasteiger partial charge in [-0.1, -0.05) is 19.9 Å². The van der Waals surface area contributed by atoms with E-state index in [1.54, 1.807) is 36.8 Å². The molecule has 2 aliphatic rings. The van der Waals surface area contributed by atoms with Gasteiger partial charge in [0.05, 0.1) is 16.8 Å². The van der Waals surface area contributed by atoms with Crippen molar-refractivity contribution in [1.29, 1.82) is 0 Å². The Hall–Kier alpha value is -5.45. The molecule has 6 heterocycles. The van der Waals surface area contributed by atoms with E-state index in [9.17, 15) is 9.59 Å². The molecule has 0 radical (unpaired) electrons. The van der Waals surface area contributed by atoms with Crippen LogP contribution in [0.25, 0.3) is 22.7 Å². The zero-order valence-electron chi connectivity index (χ0n) is 24.3. The number of pyridine rings is 3. The van der Waals surface area contributed by atoms with Crippen LogP contribution in [0.2, 0.25) is 0 Å². The average molecular weight is 584 g/mol. The Kier molecular flexibility index (Phi) is 6.00.